The fraction of sp³-hybridized carbons (Fsp3) is 0.571. The van der Waals surface area contributed by atoms with Crippen LogP contribution in [0.2, 0.25) is 0 Å². The highest BCUT2D eigenvalue weighted by molar-refractivity contribution is 5.30. The lowest BCUT2D eigenvalue weighted by molar-refractivity contribution is 0.487. The van der Waals surface area contributed by atoms with Gasteiger partial charge in [-0.2, -0.15) is 0 Å². The second kappa shape index (κ2) is 5.92. The van der Waals surface area contributed by atoms with Crippen LogP contribution in [0.4, 0.5) is 0 Å². The van der Waals surface area contributed by atoms with Gasteiger partial charge in [-0.3, -0.25) is 0 Å². The molecule has 1 rings (SSSR count). The van der Waals surface area contributed by atoms with E-state index in [0.717, 1.165) is 13.0 Å². The Hall–Kier alpha value is -0.820. The van der Waals surface area contributed by atoms with Crippen LogP contribution < -0.4 is 5.73 Å². The molecule has 0 bridgehead atoms. The van der Waals surface area contributed by atoms with Crippen LogP contribution in [-0.4, -0.2) is 6.54 Å². The molecule has 0 aliphatic heterocycles. The minimum Gasteiger partial charge on any atom is -0.330 e. The van der Waals surface area contributed by atoms with E-state index < -0.39 is 0 Å². The molecule has 0 fully saturated rings. The summed E-state index contributed by atoms with van der Waals surface area (Å²) >= 11 is 0. The van der Waals surface area contributed by atoms with Gasteiger partial charge in [0.2, 0.25) is 0 Å². The third-order valence-electron chi connectivity index (χ3n) is 3.13. The largest absolute Gasteiger partial charge is 0.330 e. The molecule has 0 amide bonds. The minimum atomic E-state index is 0.650. The van der Waals surface area contributed by atoms with Crippen molar-refractivity contribution in [2.45, 2.75) is 40.0 Å². The predicted molar refractivity (Wildman–Crippen MR) is 67.1 cm³/mol. The van der Waals surface area contributed by atoms with Crippen molar-refractivity contribution in [1.82, 2.24) is 0 Å². The Balaban J connectivity index is 2.66. The maximum absolute atomic E-state index is 5.77. The normalized spacial score (nSPS) is 12.8. The van der Waals surface area contributed by atoms with Crippen molar-refractivity contribution in [2.75, 3.05) is 6.54 Å². The van der Waals surface area contributed by atoms with E-state index >= 15 is 0 Å². The van der Waals surface area contributed by atoms with Gasteiger partial charge in [0.05, 0.1) is 0 Å². The third-order valence-corrected chi connectivity index (χ3v) is 3.13. The number of rotatable bonds is 5. The van der Waals surface area contributed by atoms with Crippen LogP contribution in [0.5, 0.6) is 0 Å². The van der Waals surface area contributed by atoms with E-state index in [0.29, 0.717) is 5.92 Å². The topological polar surface area (TPSA) is 26.0 Å². The van der Waals surface area contributed by atoms with E-state index in [1.165, 1.54) is 29.5 Å². The van der Waals surface area contributed by atoms with Gasteiger partial charge < -0.3 is 5.73 Å². The second-order valence-corrected chi connectivity index (χ2v) is 4.51. The molecule has 1 nitrogen and oxygen atoms in total. The maximum atomic E-state index is 5.77. The lowest BCUT2D eigenvalue weighted by Crippen LogP contribution is -2.16. The van der Waals surface area contributed by atoms with Gasteiger partial charge >= 0.3 is 0 Å². The van der Waals surface area contributed by atoms with Gasteiger partial charge in [-0.05, 0) is 55.8 Å². The maximum Gasteiger partial charge on any atom is -0.00457 e. The average molecular weight is 205 g/mol. The first-order chi connectivity index (χ1) is 7.17. The molecular weight excluding hydrogens is 182 g/mol. The molecule has 0 aliphatic carbocycles. The first-order valence-electron chi connectivity index (χ1n) is 5.93. The molecule has 0 saturated carbocycles. The SMILES string of the molecule is CCCC(CN)Cc1ccc(C)c(C)c1. The fourth-order valence-electron chi connectivity index (χ4n) is 1.98. The number of hydrogen-bond donors (Lipinski definition) is 1. The van der Waals surface area contributed by atoms with E-state index in [4.69, 9.17) is 5.73 Å². The van der Waals surface area contributed by atoms with Crippen molar-refractivity contribution < 1.29 is 0 Å². The molecule has 0 radical (unpaired) electrons. The molecule has 0 spiro atoms. The highest BCUT2D eigenvalue weighted by Gasteiger charge is 2.07. The minimum absolute atomic E-state index is 0.650. The molecule has 1 unspecified atom stereocenters. The fourth-order valence-corrected chi connectivity index (χ4v) is 1.98. The highest BCUT2D eigenvalue weighted by atomic mass is 14.5. The van der Waals surface area contributed by atoms with Crippen molar-refractivity contribution in [1.29, 1.82) is 0 Å². The smallest absolute Gasteiger partial charge is 0.00457 e. The molecule has 84 valence electrons. The average Bonchev–Trinajstić information content (AvgIpc) is 2.23. The Morgan fingerprint density at radius 2 is 1.93 bits per heavy atom. The molecule has 15 heavy (non-hydrogen) atoms. The molecular formula is C14H23N. The summed E-state index contributed by atoms with van der Waals surface area (Å²) in [5.41, 5.74) is 9.97. The Kier molecular flexibility index (Phi) is 4.83. The Morgan fingerprint density at radius 3 is 2.47 bits per heavy atom. The van der Waals surface area contributed by atoms with E-state index in [1.54, 1.807) is 0 Å². The van der Waals surface area contributed by atoms with Crippen LogP contribution in [-0.2, 0) is 6.42 Å². The summed E-state index contributed by atoms with van der Waals surface area (Å²) in [5, 5.41) is 0. The summed E-state index contributed by atoms with van der Waals surface area (Å²) in [4.78, 5) is 0. The van der Waals surface area contributed by atoms with Crippen LogP contribution in [0, 0.1) is 19.8 Å². The van der Waals surface area contributed by atoms with Crippen molar-refractivity contribution in [3.05, 3.63) is 34.9 Å². The van der Waals surface area contributed by atoms with Gasteiger partial charge in [-0.1, -0.05) is 31.5 Å². The zero-order valence-electron chi connectivity index (χ0n) is 10.2. The summed E-state index contributed by atoms with van der Waals surface area (Å²) < 4.78 is 0. The van der Waals surface area contributed by atoms with Gasteiger partial charge in [0.15, 0.2) is 0 Å². The lowest BCUT2D eigenvalue weighted by Gasteiger charge is -2.14. The summed E-state index contributed by atoms with van der Waals surface area (Å²) in [6.07, 6.45) is 3.60. The summed E-state index contributed by atoms with van der Waals surface area (Å²) in [6, 6.07) is 6.75. The zero-order chi connectivity index (χ0) is 11.3. The van der Waals surface area contributed by atoms with E-state index in [1.807, 2.05) is 0 Å². The van der Waals surface area contributed by atoms with Crippen LogP contribution in [0.15, 0.2) is 18.2 Å². The Labute approximate surface area is 93.7 Å². The molecule has 0 aliphatic rings. The predicted octanol–water partition coefficient (Wildman–Crippen LogP) is 3.22. The van der Waals surface area contributed by atoms with Crippen molar-refractivity contribution in [3.63, 3.8) is 0 Å². The van der Waals surface area contributed by atoms with E-state index in [9.17, 15) is 0 Å². The molecule has 1 aromatic rings. The van der Waals surface area contributed by atoms with Gasteiger partial charge in [0.25, 0.3) is 0 Å². The quantitative estimate of drug-likeness (QED) is 0.784. The number of aryl methyl sites for hydroxylation is 2. The third kappa shape index (κ3) is 3.67. The van der Waals surface area contributed by atoms with Crippen LogP contribution >= 0.6 is 0 Å². The standard InChI is InChI=1S/C14H23N/c1-4-5-14(10-15)9-13-7-6-11(2)12(3)8-13/h6-8,14H,4-5,9-10,15H2,1-3H3. The first kappa shape index (κ1) is 12.3. The second-order valence-electron chi connectivity index (χ2n) is 4.51. The Morgan fingerprint density at radius 1 is 1.20 bits per heavy atom. The van der Waals surface area contributed by atoms with Crippen molar-refractivity contribution in [3.8, 4) is 0 Å². The molecule has 0 heterocycles. The molecule has 0 aromatic heterocycles. The van der Waals surface area contributed by atoms with Gasteiger partial charge in [0, 0.05) is 0 Å². The molecule has 1 atom stereocenters. The molecule has 0 saturated heterocycles. The van der Waals surface area contributed by atoms with Crippen LogP contribution in [0.1, 0.15) is 36.5 Å². The zero-order valence-corrected chi connectivity index (χ0v) is 10.2. The highest BCUT2D eigenvalue weighted by Crippen LogP contribution is 2.16. The monoisotopic (exact) mass is 205 g/mol. The molecule has 2 N–H and O–H groups in total. The first-order valence-corrected chi connectivity index (χ1v) is 5.93. The lowest BCUT2D eigenvalue weighted by atomic mass is 9.93. The molecule has 1 heteroatoms. The van der Waals surface area contributed by atoms with Crippen molar-refractivity contribution in [2.24, 2.45) is 11.7 Å². The number of hydrogen-bond acceptors (Lipinski definition) is 1. The van der Waals surface area contributed by atoms with Gasteiger partial charge in [-0.15, -0.1) is 0 Å². The summed E-state index contributed by atoms with van der Waals surface area (Å²) in [7, 11) is 0. The summed E-state index contributed by atoms with van der Waals surface area (Å²) in [5.74, 6) is 0.650. The summed E-state index contributed by atoms with van der Waals surface area (Å²) in [6.45, 7) is 7.37. The van der Waals surface area contributed by atoms with Gasteiger partial charge in [0.1, 0.15) is 0 Å². The van der Waals surface area contributed by atoms with Gasteiger partial charge in [-0.25, -0.2) is 0 Å². The number of nitrogens with two attached hydrogens (primary N) is 1. The van der Waals surface area contributed by atoms with Crippen molar-refractivity contribution >= 4 is 0 Å². The Bertz CT molecular complexity index is 304. The molecule has 1 aromatic carbocycles. The van der Waals surface area contributed by atoms with Crippen LogP contribution in [0.25, 0.3) is 0 Å². The van der Waals surface area contributed by atoms with E-state index in [2.05, 4.69) is 39.0 Å². The van der Waals surface area contributed by atoms with Crippen LogP contribution in [0.3, 0.4) is 0 Å². The van der Waals surface area contributed by atoms with E-state index in [-0.39, 0.29) is 0 Å². The number of benzene rings is 1.